The van der Waals surface area contributed by atoms with Crippen LogP contribution in [0.25, 0.3) is 32.7 Å². The first-order chi connectivity index (χ1) is 27.1. The van der Waals surface area contributed by atoms with Crippen molar-refractivity contribution in [1.29, 1.82) is 0 Å². The molecule has 0 spiro atoms. The van der Waals surface area contributed by atoms with E-state index in [1.165, 1.54) is 69.6 Å². The van der Waals surface area contributed by atoms with E-state index in [1.807, 2.05) is 0 Å². The molecule has 3 heteroatoms. The van der Waals surface area contributed by atoms with Crippen molar-refractivity contribution < 1.29 is 21.3 Å². The third kappa shape index (κ3) is 7.41. The molecule has 0 nitrogen and oxygen atoms in total. The summed E-state index contributed by atoms with van der Waals surface area (Å²) in [6.07, 6.45) is 9.60. The summed E-state index contributed by atoms with van der Waals surface area (Å²) in [5, 5.41) is 6.34. The van der Waals surface area contributed by atoms with Crippen molar-refractivity contribution in [2.24, 2.45) is 0 Å². The van der Waals surface area contributed by atoms with Crippen molar-refractivity contribution in [2.45, 2.75) is 112 Å². The Morgan fingerprint density at radius 2 is 0.828 bits per heavy atom. The number of allylic oxidation sites excluding steroid dienone is 4. The van der Waals surface area contributed by atoms with E-state index in [-0.39, 0.29) is 25.3 Å². The van der Waals surface area contributed by atoms with Gasteiger partial charge in [0.15, 0.2) is 0 Å². The minimum absolute atomic E-state index is 0.0245. The van der Waals surface area contributed by atoms with Crippen LogP contribution in [0, 0.1) is 0 Å². The summed E-state index contributed by atoms with van der Waals surface area (Å²) in [6, 6.07) is 37.0. The van der Waals surface area contributed by atoms with Crippen LogP contribution in [0.4, 0.5) is 0 Å². The van der Waals surface area contributed by atoms with Crippen molar-refractivity contribution in [3.05, 3.63) is 176 Å². The number of fused-ring (bicyclic) bond motifs is 5. The molecule has 0 aromatic heterocycles. The Morgan fingerprint density at radius 1 is 0.466 bits per heavy atom. The second kappa shape index (κ2) is 14.7. The van der Waals surface area contributed by atoms with Crippen molar-refractivity contribution in [2.75, 3.05) is 0 Å². The molecule has 0 atom stereocenters. The molecule has 0 bridgehead atoms. The van der Waals surface area contributed by atoms with Crippen LogP contribution in [-0.2, 0) is 42.9 Å². The molecule has 8 rings (SSSR count). The zero-order chi connectivity index (χ0) is 41.7. The Kier molecular flexibility index (Phi) is 10.5. The van der Waals surface area contributed by atoms with Crippen molar-refractivity contribution in [3.8, 4) is 11.1 Å². The van der Waals surface area contributed by atoms with Gasteiger partial charge < -0.3 is 0 Å². The summed E-state index contributed by atoms with van der Waals surface area (Å²) in [4.78, 5) is 0. The van der Waals surface area contributed by atoms with Crippen molar-refractivity contribution in [1.82, 2.24) is 0 Å². The van der Waals surface area contributed by atoms with E-state index in [4.69, 9.17) is 23.2 Å². The Hall–Kier alpha value is -3.35. The van der Waals surface area contributed by atoms with Crippen LogP contribution in [0.5, 0.6) is 0 Å². The molecule has 6 aromatic rings. The van der Waals surface area contributed by atoms with Gasteiger partial charge in [0.05, 0.1) is 0 Å². The van der Waals surface area contributed by atoms with Gasteiger partial charge in [0.25, 0.3) is 0 Å². The third-order valence-electron chi connectivity index (χ3n) is 12.4. The number of benzene rings is 6. The Bertz CT molecular complexity index is 2550. The van der Waals surface area contributed by atoms with Gasteiger partial charge in [-0.1, -0.05) is 0 Å². The molecule has 0 aliphatic heterocycles. The molecular weight excluding hydrogens is 823 g/mol. The van der Waals surface area contributed by atoms with Crippen LogP contribution >= 0.6 is 23.2 Å². The molecule has 0 saturated heterocycles. The van der Waals surface area contributed by atoms with E-state index in [0.29, 0.717) is 3.63 Å². The first kappa shape index (κ1) is 41.4. The molecule has 6 aromatic carbocycles. The molecule has 0 heterocycles. The minimum atomic E-state index is -3.22. The van der Waals surface area contributed by atoms with Gasteiger partial charge >= 0.3 is 368 Å². The van der Waals surface area contributed by atoms with Crippen LogP contribution < -0.4 is 0 Å². The van der Waals surface area contributed by atoms with Crippen molar-refractivity contribution in [3.63, 3.8) is 0 Å². The summed E-state index contributed by atoms with van der Waals surface area (Å²) in [7, 11) is 0. The van der Waals surface area contributed by atoms with Crippen LogP contribution in [0.2, 0.25) is 13.7 Å². The molecule has 0 radical (unpaired) electrons. The first-order valence-electron chi connectivity index (χ1n) is 21.0. The average molecular weight is 881 g/mol. The number of hydrogen-bond donors (Lipinski definition) is 0. The van der Waals surface area contributed by atoms with E-state index >= 15 is 0 Å². The summed E-state index contributed by atoms with van der Waals surface area (Å²) in [5.41, 5.74) is 14.0. The average Bonchev–Trinajstić information content (AvgIpc) is 3.77. The predicted octanol–water partition coefficient (Wildman–Crippen LogP) is 16.4. The van der Waals surface area contributed by atoms with Gasteiger partial charge in [-0.15, -0.1) is 0 Å². The van der Waals surface area contributed by atoms with Crippen LogP contribution in [0.15, 0.2) is 121 Å². The number of rotatable bonds is 4. The molecule has 2 aliphatic rings. The second-order valence-corrected chi connectivity index (χ2v) is 28.3. The summed E-state index contributed by atoms with van der Waals surface area (Å²) < 4.78 is 2.00. The van der Waals surface area contributed by atoms with Gasteiger partial charge in [-0.25, -0.2) is 0 Å². The number of halogens is 2. The van der Waals surface area contributed by atoms with Gasteiger partial charge in [-0.3, -0.25) is 0 Å². The van der Waals surface area contributed by atoms with Gasteiger partial charge in [-0.2, -0.15) is 0 Å². The fourth-order valence-electron chi connectivity index (χ4n) is 9.72. The molecule has 0 unspecified atom stereocenters. The molecule has 296 valence electrons. The summed E-state index contributed by atoms with van der Waals surface area (Å²) in [5.74, 6) is 0. The standard InChI is InChI=1S/C29H41.C21H12Cl2.C5H5.Zr/c1-26(2,3)22-14-18-13-19-15-23(27(4,5)6)25(29(10,11)12)17-21(19)20(18)16-24(22)28(7,8)9;22-18-10-14-5-1-3-7-20(14)16(12-18)9-17-13-19(23)11-15-6-2-4-8-21(15)17;1-2-4-5-3-1;/h13-17H,1-12H3;1-8,10-13H;1-5H;. The topological polar surface area (TPSA) is 0 Å². The van der Waals surface area contributed by atoms with E-state index in [0.717, 1.165) is 20.8 Å². The molecule has 0 saturated carbocycles. The fraction of sp³-hybridized carbons (Fsp3) is 0.327. The van der Waals surface area contributed by atoms with Gasteiger partial charge in [0.1, 0.15) is 0 Å². The van der Waals surface area contributed by atoms with E-state index < -0.39 is 21.3 Å². The monoisotopic (exact) mass is 878 g/mol. The van der Waals surface area contributed by atoms with E-state index in [1.54, 1.807) is 0 Å². The van der Waals surface area contributed by atoms with Crippen LogP contribution in [0.3, 0.4) is 0 Å². The molecular formula is C55H58Cl2Zr. The van der Waals surface area contributed by atoms with E-state index in [2.05, 4.69) is 204 Å². The van der Waals surface area contributed by atoms with Gasteiger partial charge in [0, 0.05) is 0 Å². The maximum absolute atomic E-state index is 7.21. The molecule has 0 N–H and O–H groups in total. The van der Waals surface area contributed by atoms with Crippen LogP contribution in [-0.4, -0.2) is 3.21 Å². The normalized spacial score (nSPS) is 14.8. The van der Waals surface area contributed by atoms with Gasteiger partial charge in [-0.05, 0) is 0 Å². The van der Waals surface area contributed by atoms with Crippen molar-refractivity contribution >= 4 is 48.0 Å². The van der Waals surface area contributed by atoms with E-state index in [9.17, 15) is 0 Å². The SMILES string of the molecule is CC(C)(C)c1cc2c(cc1C(C)(C)C)[CH]([Zr](=[C](c1cc(Cl)cc3ccccc13)c1cc(Cl)cc3ccccc13)[CH]1C=CC=C1)c1cc(C(C)(C)C)c(C(C)(C)C)cc1-2. The quantitative estimate of drug-likeness (QED) is 0.165. The third-order valence-corrected chi connectivity index (χ3v) is 21.4. The fourth-order valence-corrected chi connectivity index (χ4v) is 19.6. The summed E-state index contributed by atoms with van der Waals surface area (Å²) in [6.45, 7) is 28.7. The maximum atomic E-state index is 7.21. The molecule has 0 fully saturated rings. The summed E-state index contributed by atoms with van der Waals surface area (Å²) >= 11 is 11.2. The predicted molar refractivity (Wildman–Crippen MR) is 252 cm³/mol. The van der Waals surface area contributed by atoms with Crippen LogP contribution in [0.1, 0.15) is 131 Å². The Labute approximate surface area is 365 Å². The molecule has 58 heavy (non-hydrogen) atoms. The zero-order valence-corrected chi connectivity index (χ0v) is 40.4. The molecule has 2 aliphatic carbocycles. The first-order valence-corrected chi connectivity index (χ1v) is 25.8. The second-order valence-electron chi connectivity index (χ2n) is 20.9. The van der Waals surface area contributed by atoms with Gasteiger partial charge in [0.2, 0.25) is 0 Å². The zero-order valence-electron chi connectivity index (χ0n) is 36.5. The Morgan fingerprint density at radius 3 is 1.21 bits per heavy atom. The molecule has 0 amide bonds. The Balaban J connectivity index is 1.64. The number of hydrogen-bond acceptors (Lipinski definition) is 0.